The number of nitrogens with two attached hydrogens (primary N) is 1. The van der Waals surface area contributed by atoms with E-state index in [-0.39, 0.29) is 11.4 Å². The van der Waals surface area contributed by atoms with Crippen LogP contribution in [0.1, 0.15) is 11.6 Å². The highest BCUT2D eigenvalue weighted by molar-refractivity contribution is 7.98. The molecule has 4 heteroatoms. The Labute approximate surface area is 75.2 Å². The Morgan fingerprint density at radius 3 is 2.58 bits per heavy atom. The predicted molar refractivity (Wildman–Crippen MR) is 49.6 cm³/mol. The minimum Gasteiger partial charge on any atom is -0.316 e. The van der Waals surface area contributed by atoms with Gasteiger partial charge in [-0.1, -0.05) is 30.3 Å². The summed E-state index contributed by atoms with van der Waals surface area (Å²) in [5, 5.41) is 4.03. The normalized spacial score (nSPS) is 27.8. The number of nitrogens with zero attached hydrogens (tertiary/aromatic N) is 2. The van der Waals surface area contributed by atoms with Crippen LogP contribution in [0.25, 0.3) is 0 Å². The predicted octanol–water partition coefficient (Wildman–Crippen LogP) is 2.13. The number of benzene rings is 1. The van der Waals surface area contributed by atoms with Gasteiger partial charge < -0.3 is 5.73 Å². The molecule has 1 aliphatic heterocycles. The first-order valence-corrected chi connectivity index (χ1v) is 4.58. The molecule has 0 radical (unpaired) electrons. The molecule has 1 aromatic rings. The van der Waals surface area contributed by atoms with Crippen molar-refractivity contribution in [3.63, 3.8) is 0 Å². The molecule has 0 fully saturated rings. The Balaban J connectivity index is 2.25. The van der Waals surface area contributed by atoms with Crippen LogP contribution in [0.5, 0.6) is 0 Å². The van der Waals surface area contributed by atoms with Gasteiger partial charge in [0.1, 0.15) is 11.4 Å². The van der Waals surface area contributed by atoms with Crippen LogP contribution in [0.3, 0.4) is 0 Å². The zero-order valence-corrected chi connectivity index (χ0v) is 7.24. The van der Waals surface area contributed by atoms with E-state index in [1.807, 2.05) is 30.3 Å². The van der Waals surface area contributed by atoms with Gasteiger partial charge in [-0.3, -0.25) is 0 Å². The standard InChI is InChI=1S/C8H9N3S/c9-8-7(10-11-12-8)6-4-2-1-3-5-6/h1-5,7-8H,9H2. The highest BCUT2D eigenvalue weighted by Gasteiger charge is 2.24. The SMILES string of the molecule is NC1SN=NC1c1ccccc1. The van der Waals surface area contributed by atoms with Crippen LogP contribution >= 0.6 is 11.9 Å². The molecule has 0 aliphatic carbocycles. The Morgan fingerprint density at radius 2 is 2.00 bits per heavy atom. The summed E-state index contributed by atoms with van der Waals surface area (Å²) in [4.78, 5) is 0. The van der Waals surface area contributed by atoms with Gasteiger partial charge in [-0.25, -0.2) is 0 Å². The Kier molecular flexibility index (Phi) is 2.10. The second-order valence-electron chi connectivity index (χ2n) is 2.62. The third kappa shape index (κ3) is 1.35. The molecule has 0 bridgehead atoms. The first-order valence-electron chi connectivity index (χ1n) is 3.74. The molecule has 0 spiro atoms. The van der Waals surface area contributed by atoms with Gasteiger partial charge in [-0.2, -0.15) is 5.11 Å². The van der Waals surface area contributed by atoms with E-state index in [0.717, 1.165) is 5.56 Å². The number of hydrogen-bond donors (Lipinski definition) is 1. The maximum absolute atomic E-state index is 5.79. The molecule has 12 heavy (non-hydrogen) atoms. The lowest BCUT2D eigenvalue weighted by atomic mass is 10.1. The molecule has 0 saturated carbocycles. The van der Waals surface area contributed by atoms with Crippen molar-refractivity contribution in [3.05, 3.63) is 35.9 Å². The molecule has 2 atom stereocenters. The summed E-state index contributed by atoms with van der Waals surface area (Å²) in [5.41, 5.74) is 6.92. The van der Waals surface area contributed by atoms with Gasteiger partial charge >= 0.3 is 0 Å². The second-order valence-corrected chi connectivity index (χ2v) is 3.54. The van der Waals surface area contributed by atoms with Crippen molar-refractivity contribution in [2.75, 3.05) is 0 Å². The van der Waals surface area contributed by atoms with E-state index in [9.17, 15) is 0 Å². The topological polar surface area (TPSA) is 50.7 Å². The van der Waals surface area contributed by atoms with Gasteiger partial charge in [0.15, 0.2) is 0 Å². The van der Waals surface area contributed by atoms with Crippen LogP contribution in [0.15, 0.2) is 40.0 Å². The van der Waals surface area contributed by atoms with Gasteiger partial charge in [0.25, 0.3) is 0 Å². The van der Waals surface area contributed by atoms with Crippen LogP contribution in [0, 0.1) is 0 Å². The monoisotopic (exact) mass is 179 g/mol. The first-order chi connectivity index (χ1) is 5.88. The summed E-state index contributed by atoms with van der Waals surface area (Å²) in [5.74, 6) is 0. The molecule has 3 nitrogen and oxygen atoms in total. The quantitative estimate of drug-likeness (QED) is 0.671. The van der Waals surface area contributed by atoms with Gasteiger partial charge in [0.05, 0.1) is 0 Å². The summed E-state index contributed by atoms with van der Waals surface area (Å²) < 4.78 is 3.84. The molecule has 0 aromatic heterocycles. The number of rotatable bonds is 1. The third-order valence-corrected chi connectivity index (χ3v) is 2.48. The molecule has 1 heterocycles. The average molecular weight is 179 g/mol. The van der Waals surface area contributed by atoms with Gasteiger partial charge in [-0.05, 0) is 5.56 Å². The number of hydrogen-bond acceptors (Lipinski definition) is 4. The zero-order chi connectivity index (χ0) is 8.39. The van der Waals surface area contributed by atoms with Crippen molar-refractivity contribution in [1.29, 1.82) is 0 Å². The van der Waals surface area contributed by atoms with Crippen molar-refractivity contribution >= 4 is 11.9 Å². The Hall–Kier alpha value is -0.870. The van der Waals surface area contributed by atoms with E-state index >= 15 is 0 Å². The Bertz CT molecular complexity index is 286. The highest BCUT2D eigenvalue weighted by Crippen LogP contribution is 2.34. The molecule has 1 aromatic carbocycles. The minimum atomic E-state index is -0.0209. The van der Waals surface area contributed by atoms with Crippen molar-refractivity contribution in [3.8, 4) is 0 Å². The summed E-state index contributed by atoms with van der Waals surface area (Å²) in [6, 6.07) is 10.0. The average Bonchev–Trinajstić information content (AvgIpc) is 2.53. The molecule has 2 rings (SSSR count). The van der Waals surface area contributed by atoms with Crippen LogP contribution in [0.2, 0.25) is 0 Å². The van der Waals surface area contributed by atoms with Gasteiger partial charge in [0.2, 0.25) is 0 Å². The second kappa shape index (κ2) is 3.25. The molecular formula is C8H9N3S. The highest BCUT2D eigenvalue weighted by atomic mass is 32.2. The molecule has 2 unspecified atom stereocenters. The first kappa shape index (κ1) is 7.76. The molecule has 62 valence electrons. The lowest BCUT2D eigenvalue weighted by molar-refractivity contribution is 0.696. The lowest BCUT2D eigenvalue weighted by Crippen LogP contribution is -2.19. The summed E-state index contributed by atoms with van der Waals surface area (Å²) >= 11 is 1.34. The van der Waals surface area contributed by atoms with E-state index in [2.05, 4.69) is 9.63 Å². The summed E-state index contributed by atoms with van der Waals surface area (Å²) in [7, 11) is 0. The summed E-state index contributed by atoms with van der Waals surface area (Å²) in [6.45, 7) is 0. The lowest BCUT2D eigenvalue weighted by Gasteiger charge is -2.09. The van der Waals surface area contributed by atoms with E-state index in [4.69, 9.17) is 5.73 Å². The summed E-state index contributed by atoms with van der Waals surface area (Å²) in [6.07, 6.45) is 0. The van der Waals surface area contributed by atoms with Crippen molar-refractivity contribution in [2.45, 2.75) is 11.4 Å². The van der Waals surface area contributed by atoms with Gasteiger partial charge in [0, 0.05) is 11.9 Å². The van der Waals surface area contributed by atoms with E-state index in [1.54, 1.807) is 0 Å². The molecule has 0 saturated heterocycles. The Morgan fingerprint density at radius 1 is 1.25 bits per heavy atom. The van der Waals surface area contributed by atoms with E-state index in [0.29, 0.717) is 0 Å². The zero-order valence-electron chi connectivity index (χ0n) is 6.42. The fourth-order valence-electron chi connectivity index (χ4n) is 1.16. The minimum absolute atomic E-state index is 0.0209. The fourth-order valence-corrected chi connectivity index (χ4v) is 1.75. The van der Waals surface area contributed by atoms with Crippen molar-refractivity contribution < 1.29 is 0 Å². The third-order valence-electron chi connectivity index (χ3n) is 1.79. The molecule has 0 amide bonds. The molecule has 1 aliphatic rings. The van der Waals surface area contributed by atoms with Gasteiger partial charge in [-0.15, -0.1) is 4.52 Å². The molecular weight excluding hydrogens is 170 g/mol. The van der Waals surface area contributed by atoms with Crippen molar-refractivity contribution in [2.24, 2.45) is 15.4 Å². The van der Waals surface area contributed by atoms with Crippen LogP contribution < -0.4 is 5.73 Å². The smallest absolute Gasteiger partial charge is 0.123 e. The van der Waals surface area contributed by atoms with Crippen LogP contribution in [-0.4, -0.2) is 5.37 Å². The van der Waals surface area contributed by atoms with E-state index < -0.39 is 0 Å². The largest absolute Gasteiger partial charge is 0.316 e. The van der Waals surface area contributed by atoms with Crippen LogP contribution in [-0.2, 0) is 0 Å². The maximum Gasteiger partial charge on any atom is 0.123 e. The molecule has 2 N–H and O–H groups in total. The van der Waals surface area contributed by atoms with Crippen molar-refractivity contribution in [1.82, 2.24) is 0 Å². The van der Waals surface area contributed by atoms with Crippen LogP contribution in [0.4, 0.5) is 0 Å². The maximum atomic E-state index is 5.79. The van der Waals surface area contributed by atoms with E-state index in [1.165, 1.54) is 11.9 Å². The fraction of sp³-hybridized carbons (Fsp3) is 0.250.